The Hall–Kier alpha value is -0.0800. The van der Waals surface area contributed by atoms with Crippen LogP contribution in [0.15, 0.2) is 0 Å². The van der Waals surface area contributed by atoms with Crippen molar-refractivity contribution >= 4 is 0 Å². The number of aliphatic hydroxyl groups is 1. The van der Waals surface area contributed by atoms with Crippen LogP contribution in [0.2, 0.25) is 0 Å². The van der Waals surface area contributed by atoms with Gasteiger partial charge in [-0.2, -0.15) is 0 Å². The first-order valence-corrected chi connectivity index (χ1v) is 3.58. The molecule has 0 aromatic rings. The van der Waals surface area contributed by atoms with Crippen LogP contribution in [0.1, 0.15) is 26.2 Å². The van der Waals surface area contributed by atoms with Crippen molar-refractivity contribution in [3.63, 3.8) is 0 Å². The van der Waals surface area contributed by atoms with E-state index in [9.17, 15) is 0 Å². The second-order valence-electron chi connectivity index (χ2n) is 2.69. The Morgan fingerprint density at radius 1 is 1.67 bits per heavy atom. The Morgan fingerprint density at radius 2 is 2.33 bits per heavy atom. The molecule has 54 valence electrons. The molecule has 0 radical (unpaired) electrons. The number of aliphatic hydroxyl groups excluding tert-OH is 1. The van der Waals surface area contributed by atoms with E-state index in [1.165, 1.54) is 0 Å². The van der Waals surface area contributed by atoms with Crippen LogP contribution in [0.3, 0.4) is 0 Å². The van der Waals surface area contributed by atoms with E-state index in [1.54, 1.807) is 0 Å². The van der Waals surface area contributed by atoms with E-state index in [4.69, 9.17) is 9.84 Å². The topological polar surface area (TPSA) is 29.5 Å². The van der Waals surface area contributed by atoms with E-state index in [0.29, 0.717) is 0 Å². The van der Waals surface area contributed by atoms with Gasteiger partial charge in [-0.25, -0.2) is 0 Å². The van der Waals surface area contributed by atoms with E-state index in [-0.39, 0.29) is 12.2 Å². The molecule has 1 rings (SSSR count). The van der Waals surface area contributed by atoms with Crippen LogP contribution in [0, 0.1) is 0 Å². The maximum atomic E-state index is 8.84. The van der Waals surface area contributed by atoms with Gasteiger partial charge in [0.25, 0.3) is 0 Å². The fourth-order valence-corrected chi connectivity index (χ4v) is 1.25. The fourth-order valence-electron chi connectivity index (χ4n) is 1.25. The number of hydrogen-bond acceptors (Lipinski definition) is 2. The molecule has 1 heterocycles. The van der Waals surface area contributed by atoms with Gasteiger partial charge >= 0.3 is 0 Å². The Labute approximate surface area is 55.8 Å². The second-order valence-corrected chi connectivity index (χ2v) is 2.69. The van der Waals surface area contributed by atoms with Gasteiger partial charge in [-0.1, -0.05) is 13.3 Å². The third kappa shape index (κ3) is 1.25. The molecule has 0 aromatic heterocycles. The highest BCUT2D eigenvalue weighted by molar-refractivity contribution is 4.85. The van der Waals surface area contributed by atoms with E-state index in [0.717, 1.165) is 25.9 Å². The van der Waals surface area contributed by atoms with E-state index >= 15 is 0 Å². The lowest BCUT2D eigenvalue weighted by Crippen LogP contribution is -2.46. The molecule has 1 aliphatic rings. The van der Waals surface area contributed by atoms with Crippen LogP contribution in [0.25, 0.3) is 0 Å². The predicted octanol–water partition coefficient (Wildman–Crippen LogP) is 0.938. The zero-order valence-electron chi connectivity index (χ0n) is 5.89. The van der Waals surface area contributed by atoms with Crippen molar-refractivity contribution in [3.8, 4) is 0 Å². The molecular weight excluding hydrogens is 116 g/mol. The minimum Gasteiger partial charge on any atom is -0.393 e. The van der Waals surface area contributed by atoms with Gasteiger partial charge in [-0.05, 0) is 6.42 Å². The van der Waals surface area contributed by atoms with Crippen molar-refractivity contribution in [2.75, 3.05) is 13.2 Å². The summed E-state index contributed by atoms with van der Waals surface area (Å²) in [5, 5.41) is 8.84. The summed E-state index contributed by atoms with van der Waals surface area (Å²) in [7, 11) is 0. The van der Waals surface area contributed by atoms with Crippen LogP contribution in [0.5, 0.6) is 0 Å². The smallest absolute Gasteiger partial charge is 0.0933 e. The highest BCUT2D eigenvalue weighted by Gasteiger charge is 2.36. The van der Waals surface area contributed by atoms with Gasteiger partial charge < -0.3 is 9.84 Å². The summed E-state index contributed by atoms with van der Waals surface area (Å²) < 4.78 is 5.26. The lowest BCUT2D eigenvalue weighted by Gasteiger charge is -2.40. The SMILES string of the molecule is CCCC1(CO)CCO1. The highest BCUT2D eigenvalue weighted by Crippen LogP contribution is 2.30. The molecule has 1 aliphatic heterocycles. The van der Waals surface area contributed by atoms with E-state index in [1.807, 2.05) is 0 Å². The van der Waals surface area contributed by atoms with Crippen molar-refractivity contribution in [1.29, 1.82) is 0 Å². The molecule has 1 N–H and O–H groups in total. The summed E-state index contributed by atoms with van der Waals surface area (Å²) in [5.74, 6) is 0. The first-order valence-electron chi connectivity index (χ1n) is 3.58. The fraction of sp³-hybridized carbons (Fsp3) is 1.00. The molecule has 0 spiro atoms. The van der Waals surface area contributed by atoms with E-state index in [2.05, 4.69) is 6.92 Å². The number of rotatable bonds is 3. The summed E-state index contributed by atoms with van der Waals surface area (Å²) in [4.78, 5) is 0. The molecule has 0 bridgehead atoms. The van der Waals surface area contributed by atoms with Gasteiger partial charge in [0, 0.05) is 6.42 Å². The van der Waals surface area contributed by atoms with Crippen LogP contribution < -0.4 is 0 Å². The van der Waals surface area contributed by atoms with Gasteiger partial charge in [0.05, 0.1) is 18.8 Å². The third-order valence-electron chi connectivity index (χ3n) is 1.96. The minimum absolute atomic E-state index is 0.130. The summed E-state index contributed by atoms with van der Waals surface area (Å²) >= 11 is 0. The molecule has 1 unspecified atom stereocenters. The van der Waals surface area contributed by atoms with Gasteiger partial charge in [-0.3, -0.25) is 0 Å². The molecule has 9 heavy (non-hydrogen) atoms. The Bertz CT molecular complexity index is 81.4. The Kier molecular flexibility index (Phi) is 2.09. The monoisotopic (exact) mass is 130 g/mol. The average molecular weight is 130 g/mol. The van der Waals surface area contributed by atoms with Gasteiger partial charge in [0.1, 0.15) is 0 Å². The summed E-state index contributed by atoms with van der Waals surface area (Å²) in [6.07, 6.45) is 3.14. The highest BCUT2D eigenvalue weighted by atomic mass is 16.5. The first kappa shape index (κ1) is 7.03. The molecule has 1 atom stereocenters. The molecule has 0 saturated carbocycles. The van der Waals surface area contributed by atoms with Crippen molar-refractivity contribution in [3.05, 3.63) is 0 Å². The molecule has 0 aromatic carbocycles. The lowest BCUT2D eigenvalue weighted by molar-refractivity contribution is -0.174. The van der Waals surface area contributed by atoms with Crippen molar-refractivity contribution in [2.24, 2.45) is 0 Å². The molecule has 0 amide bonds. The normalized spacial score (nSPS) is 34.0. The molecule has 0 aliphatic carbocycles. The van der Waals surface area contributed by atoms with Gasteiger partial charge in [0.2, 0.25) is 0 Å². The third-order valence-corrected chi connectivity index (χ3v) is 1.96. The Morgan fingerprint density at radius 3 is 2.44 bits per heavy atom. The van der Waals surface area contributed by atoms with E-state index < -0.39 is 0 Å². The molecule has 2 heteroatoms. The second kappa shape index (κ2) is 2.67. The molecule has 1 saturated heterocycles. The number of ether oxygens (including phenoxy) is 1. The van der Waals surface area contributed by atoms with Crippen LogP contribution in [-0.2, 0) is 4.74 Å². The zero-order valence-corrected chi connectivity index (χ0v) is 5.89. The molecule has 1 fully saturated rings. The summed E-state index contributed by atoms with van der Waals surface area (Å²) in [5.41, 5.74) is -0.130. The lowest BCUT2D eigenvalue weighted by atomic mass is 9.91. The zero-order chi connectivity index (χ0) is 6.74. The largest absolute Gasteiger partial charge is 0.393 e. The molecule has 2 nitrogen and oxygen atoms in total. The summed E-state index contributed by atoms with van der Waals surface area (Å²) in [6, 6.07) is 0. The summed E-state index contributed by atoms with van der Waals surface area (Å²) in [6.45, 7) is 3.14. The van der Waals surface area contributed by atoms with Crippen molar-refractivity contribution in [1.82, 2.24) is 0 Å². The van der Waals surface area contributed by atoms with Crippen LogP contribution >= 0.6 is 0 Å². The maximum absolute atomic E-state index is 8.84. The standard InChI is InChI=1S/C7H14O2/c1-2-3-7(6-8)4-5-9-7/h8H,2-6H2,1H3. The minimum atomic E-state index is -0.130. The predicted molar refractivity (Wildman–Crippen MR) is 35.3 cm³/mol. The Balaban J connectivity index is 2.28. The van der Waals surface area contributed by atoms with Crippen LogP contribution in [0.4, 0.5) is 0 Å². The first-order chi connectivity index (χ1) is 4.33. The quantitative estimate of drug-likeness (QED) is 0.616. The van der Waals surface area contributed by atoms with Crippen molar-refractivity contribution < 1.29 is 9.84 Å². The van der Waals surface area contributed by atoms with Crippen LogP contribution in [-0.4, -0.2) is 23.9 Å². The van der Waals surface area contributed by atoms with Gasteiger partial charge in [0.15, 0.2) is 0 Å². The van der Waals surface area contributed by atoms with Crippen molar-refractivity contribution in [2.45, 2.75) is 31.8 Å². The molecular formula is C7H14O2. The average Bonchev–Trinajstić information content (AvgIpc) is 1.79. The van der Waals surface area contributed by atoms with Gasteiger partial charge in [-0.15, -0.1) is 0 Å². The number of hydrogen-bond donors (Lipinski definition) is 1. The maximum Gasteiger partial charge on any atom is 0.0933 e.